The molecule has 0 aliphatic carbocycles. The molecule has 0 bridgehead atoms. The van der Waals surface area contributed by atoms with Gasteiger partial charge in [0.1, 0.15) is 17.1 Å². The minimum Gasteiger partial charge on any atom is -0.493 e. The maximum Gasteiger partial charge on any atom is 0.346 e. The molecule has 3 aromatic carbocycles. The van der Waals surface area contributed by atoms with Gasteiger partial charge in [-0.15, -0.1) is 0 Å². The van der Waals surface area contributed by atoms with Crippen LogP contribution < -0.4 is 15.3 Å². The topological polar surface area (TPSA) is 69.2 Å². The Balaban J connectivity index is 1.58. The van der Waals surface area contributed by atoms with Crippen LogP contribution in [0.2, 0.25) is 0 Å². The molecular weight excluding hydrogens is 470 g/mol. The number of rotatable bonds is 8. The number of aromatic nitrogens is 2. The van der Waals surface area contributed by atoms with Crippen LogP contribution in [-0.4, -0.2) is 11.2 Å². The van der Waals surface area contributed by atoms with E-state index < -0.39 is 0 Å². The molecule has 0 saturated heterocycles. The lowest BCUT2D eigenvalue weighted by atomic mass is 9.96. The van der Waals surface area contributed by atoms with Crippen molar-refractivity contribution in [2.24, 2.45) is 0 Å². The Labute approximate surface area is 224 Å². The van der Waals surface area contributed by atoms with Gasteiger partial charge < -0.3 is 4.74 Å². The van der Waals surface area contributed by atoms with Crippen LogP contribution in [0.4, 0.5) is 0 Å². The maximum atomic E-state index is 14.2. The first-order valence-electron chi connectivity index (χ1n) is 13.5. The largest absolute Gasteiger partial charge is 0.493 e. The molecular formula is C33H34N3O2+. The van der Waals surface area contributed by atoms with E-state index in [1.54, 1.807) is 0 Å². The van der Waals surface area contributed by atoms with E-state index in [1.807, 2.05) is 53.1 Å². The first kappa shape index (κ1) is 25.5. The van der Waals surface area contributed by atoms with Crippen molar-refractivity contribution in [3.05, 3.63) is 111 Å². The molecule has 1 N–H and O–H groups in total. The smallest absolute Gasteiger partial charge is 0.346 e. The molecule has 4 aromatic rings. The number of hydrogen-bond donors (Lipinski definition) is 0. The summed E-state index contributed by atoms with van der Waals surface area (Å²) < 4.78 is 7.57. The zero-order valence-corrected chi connectivity index (χ0v) is 22.4. The fourth-order valence-electron chi connectivity index (χ4n) is 5.22. The monoisotopic (exact) mass is 504 g/mol. The van der Waals surface area contributed by atoms with Crippen LogP contribution in [0, 0.1) is 11.3 Å². The summed E-state index contributed by atoms with van der Waals surface area (Å²) >= 11 is 0. The molecule has 5 rings (SSSR count). The number of unbranched alkanes of at least 4 members (excludes halogenated alkanes) is 1. The number of nitriles is 1. The second-order valence-electron chi connectivity index (χ2n) is 10.3. The van der Waals surface area contributed by atoms with Crippen molar-refractivity contribution < 1.29 is 9.72 Å². The molecule has 0 amide bonds. The van der Waals surface area contributed by atoms with Gasteiger partial charge in [0, 0.05) is 24.8 Å². The predicted octanol–water partition coefficient (Wildman–Crippen LogP) is 6.18. The first-order chi connectivity index (χ1) is 18.5. The minimum atomic E-state index is 0.0383. The second kappa shape index (κ2) is 11.1. The van der Waals surface area contributed by atoms with Gasteiger partial charge in [0.2, 0.25) is 0 Å². The van der Waals surface area contributed by atoms with E-state index >= 15 is 0 Å². The highest BCUT2D eigenvalue weighted by Crippen LogP contribution is 2.28. The van der Waals surface area contributed by atoms with Crippen molar-refractivity contribution in [2.45, 2.75) is 58.8 Å². The Morgan fingerprint density at radius 2 is 1.87 bits per heavy atom. The molecule has 0 fully saturated rings. The van der Waals surface area contributed by atoms with E-state index in [4.69, 9.17) is 4.74 Å². The van der Waals surface area contributed by atoms with E-state index in [1.165, 1.54) is 0 Å². The van der Waals surface area contributed by atoms with Gasteiger partial charge in [-0.1, -0.05) is 69.7 Å². The number of nitrogens with one attached hydrogen (secondary N) is 1. The zero-order valence-electron chi connectivity index (χ0n) is 22.4. The molecule has 0 spiro atoms. The third-order valence-electron chi connectivity index (χ3n) is 7.30. The Morgan fingerprint density at radius 3 is 2.61 bits per heavy atom. The Kier molecular flexibility index (Phi) is 7.42. The van der Waals surface area contributed by atoms with E-state index in [0.717, 1.165) is 76.5 Å². The van der Waals surface area contributed by atoms with Gasteiger partial charge in [0.15, 0.2) is 0 Å². The maximum absolute atomic E-state index is 14.2. The molecule has 0 saturated carbocycles. The van der Waals surface area contributed by atoms with Crippen LogP contribution in [0.3, 0.4) is 0 Å². The van der Waals surface area contributed by atoms with Crippen LogP contribution in [0.15, 0.2) is 71.5 Å². The fourth-order valence-corrected chi connectivity index (χ4v) is 5.22. The average Bonchev–Trinajstić information content (AvgIpc) is 3.41. The number of nitrogens with zero attached hydrogens (tertiary/aromatic N) is 2. The SMILES string of the molecule is CCCCc1[nH+]c(C(C)C)n(-c2ccc3c(c2)CCO3)c(=O)c1Cc1ccc(-c2ccccc2C#N)cc1. The summed E-state index contributed by atoms with van der Waals surface area (Å²) in [6.45, 7) is 7.11. The molecule has 5 nitrogen and oxygen atoms in total. The Bertz CT molecular complexity index is 1560. The minimum absolute atomic E-state index is 0.0383. The summed E-state index contributed by atoms with van der Waals surface area (Å²) in [5, 5.41) is 9.50. The number of aromatic amines is 1. The summed E-state index contributed by atoms with van der Waals surface area (Å²) in [5.41, 5.74) is 7.54. The lowest BCUT2D eigenvalue weighted by Gasteiger charge is -2.14. The Hall–Kier alpha value is -4.17. The molecule has 192 valence electrons. The molecule has 1 aliphatic rings. The highest BCUT2D eigenvalue weighted by molar-refractivity contribution is 5.70. The molecule has 38 heavy (non-hydrogen) atoms. The quantitative estimate of drug-likeness (QED) is 0.288. The van der Waals surface area contributed by atoms with Crippen LogP contribution >= 0.6 is 0 Å². The van der Waals surface area contributed by atoms with Crippen LogP contribution in [-0.2, 0) is 19.3 Å². The van der Waals surface area contributed by atoms with Gasteiger partial charge in [-0.05, 0) is 47.4 Å². The molecule has 0 atom stereocenters. The standard InChI is InChI=1S/C33H33N3O2/c1-4-5-10-30-29(19-23-11-13-24(14-12-23)28-9-7-6-8-26(28)21-34)33(37)36(32(35-30)22(2)3)27-15-16-31-25(20-27)17-18-38-31/h6-9,11-16,20,22H,4-5,10,17-19H2,1-3H3/p+1. The summed E-state index contributed by atoms with van der Waals surface area (Å²) in [6, 6.07) is 24.2. The number of ether oxygens (including phenoxy) is 1. The van der Waals surface area contributed by atoms with Gasteiger partial charge >= 0.3 is 5.56 Å². The van der Waals surface area contributed by atoms with Crippen molar-refractivity contribution in [3.8, 4) is 28.6 Å². The van der Waals surface area contributed by atoms with Crippen molar-refractivity contribution in [2.75, 3.05) is 6.61 Å². The van der Waals surface area contributed by atoms with Crippen molar-refractivity contribution in [3.63, 3.8) is 0 Å². The molecule has 2 heterocycles. The lowest BCUT2D eigenvalue weighted by molar-refractivity contribution is -0.412. The third-order valence-corrected chi connectivity index (χ3v) is 7.30. The molecule has 1 aromatic heterocycles. The third kappa shape index (κ3) is 4.99. The summed E-state index contributed by atoms with van der Waals surface area (Å²) in [7, 11) is 0. The van der Waals surface area contributed by atoms with Gasteiger partial charge in [0.25, 0.3) is 5.82 Å². The number of fused-ring (bicyclic) bond motifs is 1. The van der Waals surface area contributed by atoms with Crippen LogP contribution in [0.1, 0.15) is 73.3 Å². The first-order valence-corrected chi connectivity index (χ1v) is 13.5. The highest BCUT2D eigenvalue weighted by Gasteiger charge is 2.27. The van der Waals surface area contributed by atoms with Gasteiger partial charge in [0.05, 0.1) is 29.7 Å². The van der Waals surface area contributed by atoms with Crippen molar-refractivity contribution >= 4 is 0 Å². The van der Waals surface area contributed by atoms with Crippen molar-refractivity contribution in [1.82, 2.24) is 4.57 Å². The van der Waals surface area contributed by atoms with E-state index in [0.29, 0.717) is 18.6 Å². The molecule has 1 aliphatic heterocycles. The Morgan fingerprint density at radius 1 is 1.08 bits per heavy atom. The normalized spacial score (nSPS) is 12.3. The fraction of sp³-hybridized carbons (Fsp3) is 0.303. The lowest BCUT2D eigenvalue weighted by Crippen LogP contribution is -2.38. The summed E-state index contributed by atoms with van der Waals surface area (Å²) in [4.78, 5) is 17.9. The van der Waals surface area contributed by atoms with Gasteiger partial charge in [-0.2, -0.15) is 9.83 Å². The van der Waals surface area contributed by atoms with E-state index in [-0.39, 0.29) is 11.5 Å². The van der Waals surface area contributed by atoms with E-state index in [9.17, 15) is 10.1 Å². The zero-order chi connectivity index (χ0) is 26.6. The molecule has 0 radical (unpaired) electrons. The van der Waals surface area contributed by atoms with Crippen molar-refractivity contribution in [1.29, 1.82) is 5.26 Å². The number of hydrogen-bond acceptors (Lipinski definition) is 3. The summed E-state index contributed by atoms with van der Waals surface area (Å²) in [5.74, 6) is 1.99. The summed E-state index contributed by atoms with van der Waals surface area (Å²) in [6.07, 6.45) is 4.32. The number of aryl methyl sites for hydroxylation is 1. The molecule has 0 unspecified atom stereocenters. The van der Waals surface area contributed by atoms with Gasteiger partial charge in [-0.3, -0.25) is 0 Å². The number of benzene rings is 3. The second-order valence-corrected chi connectivity index (χ2v) is 10.3. The van der Waals surface area contributed by atoms with Crippen LogP contribution in [0.25, 0.3) is 16.8 Å². The molecule has 5 heteroatoms. The number of H-pyrrole nitrogens is 1. The average molecular weight is 505 g/mol. The highest BCUT2D eigenvalue weighted by atomic mass is 16.5. The van der Waals surface area contributed by atoms with Gasteiger partial charge in [-0.25, -0.2) is 9.78 Å². The predicted molar refractivity (Wildman–Crippen MR) is 150 cm³/mol. The van der Waals surface area contributed by atoms with E-state index in [2.05, 4.69) is 50.0 Å². The van der Waals surface area contributed by atoms with Crippen LogP contribution in [0.5, 0.6) is 5.75 Å².